The lowest BCUT2D eigenvalue weighted by Crippen LogP contribution is -2.22. The Bertz CT molecular complexity index is 1190. The van der Waals surface area contributed by atoms with Crippen LogP contribution in [0.2, 0.25) is 0 Å². The molecule has 168 valence electrons. The predicted molar refractivity (Wildman–Crippen MR) is 136 cm³/mol. The second kappa shape index (κ2) is 11.1. The highest BCUT2D eigenvalue weighted by atomic mass is 32.2. The number of ether oxygens (including phenoxy) is 1. The van der Waals surface area contributed by atoms with Crippen molar-refractivity contribution in [2.75, 3.05) is 17.2 Å². The van der Waals surface area contributed by atoms with Gasteiger partial charge in [-0.2, -0.15) is 0 Å². The first-order chi connectivity index (χ1) is 16.1. The van der Waals surface area contributed by atoms with Gasteiger partial charge in [0.2, 0.25) is 5.91 Å². The van der Waals surface area contributed by atoms with Crippen molar-refractivity contribution in [1.29, 1.82) is 0 Å². The van der Waals surface area contributed by atoms with E-state index in [0.717, 1.165) is 15.5 Å². The fourth-order valence-electron chi connectivity index (χ4n) is 2.81. The molecule has 0 radical (unpaired) electrons. The van der Waals surface area contributed by atoms with Crippen LogP contribution >= 0.6 is 34.4 Å². The predicted octanol–water partition coefficient (Wildman–Crippen LogP) is 6.01. The van der Waals surface area contributed by atoms with Crippen molar-refractivity contribution >= 4 is 57.1 Å². The Morgan fingerprint density at radius 2 is 1.79 bits per heavy atom. The summed E-state index contributed by atoms with van der Waals surface area (Å²) in [7, 11) is 0. The molecule has 9 heteroatoms. The maximum absolute atomic E-state index is 12.6. The number of rotatable bonds is 9. The largest absolute Gasteiger partial charge is 0.484 e. The van der Waals surface area contributed by atoms with Crippen molar-refractivity contribution < 1.29 is 14.3 Å². The van der Waals surface area contributed by atoms with Gasteiger partial charge in [0.05, 0.1) is 15.8 Å². The molecule has 2 aromatic heterocycles. The van der Waals surface area contributed by atoms with Crippen molar-refractivity contribution in [3.05, 3.63) is 77.5 Å². The number of carbonyl (C=O) groups is 2. The molecule has 33 heavy (non-hydrogen) atoms. The molecule has 4 aromatic rings. The van der Waals surface area contributed by atoms with Gasteiger partial charge in [-0.25, -0.2) is 4.98 Å². The van der Waals surface area contributed by atoms with Crippen molar-refractivity contribution in [3.8, 4) is 16.3 Å². The fourth-order valence-corrected chi connectivity index (χ4v) is 5.15. The van der Waals surface area contributed by atoms with Crippen LogP contribution in [-0.2, 0) is 9.59 Å². The smallest absolute Gasteiger partial charge is 0.262 e. The number of amides is 2. The van der Waals surface area contributed by atoms with Gasteiger partial charge in [0.1, 0.15) is 5.75 Å². The van der Waals surface area contributed by atoms with E-state index in [1.807, 2.05) is 72.3 Å². The monoisotopic (exact) mass is 495 g/mol. The molecule has 0 aliphatic heterocycles. The van der Waals surface area contributed by atoms with Crippen LogP contribution in [0.3, 0.4) is 0 Å². The van der Waals surface area contributed by atoms with Gasteiger partial charge in [-0.1, -0.05) is 24.3 Å². The van der Waals surface area contributed by atoms with Crippen LogP contribution < -0.4 is 15.4 Å². The van der Waals surface area contributed by atoms with E-state index in [0.29, 0.717) is 16.6 Å². The minimum absolute atomic E-state index is 0.0668. The van der Waals surface area contributed by atoms with Crippen molar-refractivity contribution in [3.63, 3.8) is 0 Å². The third-order valence-corrected chi connectivity index (χ3v) is 7.20. The molecule has 2 amide bonds. The minimum atomic E-state index is -0.307. The first-order valence-corrected chi connectivity index (χ1v) is 12.8. The number of thioether (sulfide) groups is 1. The molecule has 0 spiro atoms. The lowest BCUT2D eigenvalue weighted by atomic mass is 10.3. The number of thiophene rings is 1. The fraction of sp³-hybridized carbons (Fsp3) is 0.125. The average Bonchev–Trinajstić information content (AvgIpc) is 3.52. The molecule has 0 saturated heterocycles. The number of nitrogens with one attached hydrogen (secondary N) is 2. The Morgan fingerprint density at radius 3 is 2.52 bits per heavy atom. The molecule has 0 bridgehead atoms. The zero-order valence-electron chi connectivity index (χ0n) is 17.7. The summed E-state index contributed by atoms with van der Waals surface area (Å²) in [5.41, 5.74) is 1.54. The first-order valence-electron chi connectivity index (χ1n) is 10.1. The lowest BCUT2D eigenvalue weighted by molar-refractivity contribution is -0.118. The van der Waals surface area contributed by atoms with E-state index in [4.69, 9.17) is 4.74 Å². The Kier molecular flexibility index (Phi) is 7.77. The number of thiazole rings is 1. The van der Waals surface area contributed by atoms with Gasteiger partial charge in [0.15, 0.2) is 11.7 Å². The van der Waals surface area contributed by atoms with Crippen LogP contribution in [0.1, 0.15) is 6.92 Å². The highest BCUT2D eigenvalue weighted by Crippen LogP contribution is 2.30. The van der Waals surface area contributed by atoms with E-state index >= 15 is 0 Å². The summed E-state index contributed by atoms with van der Waals surface area (Å²) in [6.07, 6.45) is 0. The van der Waals surface area contributed by atoms with Crippen LogP contribution in [0.4, 0.5) is 10.8 Å². The third kappa shape index (κ3) is 6.67. The summed E-state index contributed by atoms with van der Waals surface area (Å²) in [6, 6.07) is 20.5. The minimum Gasteiger partial charge on any atom is -0.484 e. The van der Waals surface area contributed by atoms with Crippen LogP contribution in [0.5, 0.6) is 5.75 Å². The standard InChI is InChI=1S/C24H21N3O3S3/c1-16(23(29)27-24-26-20(15-32-24)21-8-5-13-31-21)33-19-11-9-17(10-12-19)25-22(28)14-30-18-6-3-2-4-7-18/h2-13,15-16H,14H2,1H3,(H,25,28)(H,26,27,29). The van der Waals surface area contributed by atoms with Crippen LogP contribution in [0.25, 0.3) is 10.6 Å². The second-order valence-corrected chi connectivity index (χ2v) is 10.2. The Morgan fingerprint density at radius 1 is 1.00 bits per heavy atom. The van der Waals surface area contributed by atoms with E-state index in [-0.39, 0.29) is 23.7 Å². The van der Waals surface area contributed by atoms with Crippen LogP contribution in [0, 0.1) is 0 Å². The lowest BCUT2D eigenvalue weighted by Gasteiger charge is -2.11. The first kappa shape index (κ1) is 23.0. The topological polar surface area (TPSA) is 80.3 Å². The molecule has 4 rings (SSSR count). The summed E-state index contributed by atoms with van der Waals surface area (Å²) in [5, 5.41) is 9.92. The number of benzene rings is 2. The number of para-hydroxylation sites is 1. The highest BCUT2D eigenvalue weighted by Gasteiger charge is 2.17. The molecule has 0 aliphatic carbocycles. The zero-order valence-corrected chi connectivity index (χ0v) is 20.1. The van der Waals surface area contributed by atoms with Gasteiger partial charge >= 0.3 is 0 Å². The second-order valence-electron chi connectivity index (χ2n) is 6.94. The number of aromatic nitrogens is 1. The van der Waals surface area contributed by atoms with E-state index in [1.54, 1.807) is 23.5 Å². The maximum Gasteiger partial charge on any atom is 0.262 e. The third-order valence-electron chi connectivity index (χ3n) is 4.44. The van der Waals surface area contributed by atoms with Crippen molar-refractivity contribution in [2.24, 2.45) is 0 Å². The molecule has 2 aromatic carbocycles. The molecule has 0 saturated carbocycles. The van der Waals surface area contributed by atoms with E-state index in [1.165, 1.54) is 23.1 Å². The number of carbonyl (C=O) groups excluding carboxylic acids is 2. The summed E-state index contributed by atoms with van der Waals surface area (Å²) in [6.45, 7) is 1.78. The van der Waals surface area contributed by atoms with Gasteiger partial charge < -0.3 is 15.4 Å². The normalized spacial score (nSPS) is 11.5. The van der Waals surface area contributed by atoms with Gasteiger partial charge in [0, 0.05) is 16.0 Å². The van der Waals surface area contributed by atoms with E-state index in [9.17, 15) is 9.59 Å². The Labute approximate surface area is 204 Å². The molecule has 0 aliphatic rings. The molecule has 1 unspecified atom stereocenters. The number of nitrogens with zero attached hydrogens (tertiary/aromatic N) is 1. The van der Waals surface area contributed by atoms with Crippen LogP contribution in [0.15, 0.2) is 82.4 Å². The van der Waals surface area contributed by atoms with E-state index < -0.39 is 0 Å². The maximum atomic E-state index is 12.6. The molecule has 0 fully saturated rings. The molecular formula is C24H21N3O3S3. The Balaban J connectivity index is 1.25. The van der Waals surface area contributed by atoms with Gasteiger partial charge in [0.25, 0.3) is 5.91 Å². The Hall–Kier alpha value is -3.14. The number of hydrogen-bond acceptors (Lipinski definition) is 7. The van der Waals surface area contributed by atoms with E-state index in [2.05, 4.69) is 15.6 Å². The molecule has 2 N–H and O–H groups in total. The molecule has 1 atom stereocenters. The van der Waals surface area contributed by atoms with Gasteiger partial charge in [-0.3, -0.25) is 9.59 Å². The molecule has 6 nitrogen and oxygen atoms in total. The van der Waals surface area contributed by atoms with Gasteiger partial charge in [-0.15, -0.1) is 34.4 Å². The number of anilines is 2. The van der Waals surface area contributed by atoms with Gasteiger partial charge in [-0.05, 0) is 54.8 Å². The summed E-state index contributed by atoms with van der Waals surface area (Å²) in [4.78, 5) is 31.2. The SMILES string of the molecule is CC(Sc1ccc(NC(=O)COc2ccccc2)cc1)C(=O)Nc1nc(-c2cccs2)cs1. The quantitative estimate of drug-likeness (QED) is 0.278. The summed E-state index contributed by atoms with van der Waals surface area (Å²) >= 11 is 4.47. The molecule has 2 heterocycles. The number of hydrogen-bond donors (Lipinski definition) is 2. The highest BCUT2D eigenvalue weighted by molar-refractivity contribution is 8.00. The summed E-state index contributed by atoms with van der Waals surface area (Å²) < 4.78 is 5.45. The van der Waals surface area contributed by atoms with Crippen molar-refractivity contribution in [2.45, 2.75) is 17.1 Å². The molecular weight excluding hydrogens is 474 g/mol. The van der Waals surface area contributed by atoms with Crippen molar-refractivity contribution in [1.82, 2.24) is 4.98 Å². The summed E-state index contributed by atoms with van der Waals surface area (Å²) in [5.74, 6) is 0.298. The zero-order chi connectivity index (χ0) is 23.0. The average molecular weight is 496 g/mol. The van der Waals surface area contributed by atoms with Crippen LogP contribution in [-0.4, -0.2) is 28.7 Å².